The molecule has 0 saturated carbocycles. The van der Waals surface area contributed by atoms with E-state index in [1.54, 1.807) is 42.2 Å². The molecule has 0 aliphatic heterocycles. The second-order valence-corrected chi connectivity index (χ2v) is 7.26. The Labute approximate surface area is 174 Å². The smallest absolute Gasteiger partial charge is 0.270 e. The number of carbonyl (C=O) groups is 2. The van der Waals surface area contributed by atoms with Gasteiger partial charge in [-0.15, -0.1) is 0 Å². The third-order valence-electron chi connectivity index (χ3n) is 4.74. The van der Waals surface area contributed by atoms with Crippen LogP contribution in [0.5, 0.6) is 0 Å². The van der Waals surface area contributed by atoms with Gasteiger partial charge in [0, 0.05) is 57.0 Å². The third kappa shape index (κ3) is 5.09. The van der Waals surface area contributed by atoms with Crippen molar-refractivity contribution in [1.29, 1.82) is 0 Å². The minimum atomic E-state index is -1.03. The van der Waals surface area contributed by atoms with Crippen molar-refractivity contribution < 1.29 is 14.7 Å². The van der Waals surface area contributed by atoms with Crippen LogP contribution in [0.25, 0.3) is 5.78 Å². The summed E-state index contributed by atoms with van der Waals surface area (Å²) in [4.78, 5) is 39.0. The summed E-state index contributed by atoms with van der Waals surface area (Å²) in [6, 6.07) is 5.43. The highest BCUT2D eigenvalue weighted by molar-refractivity contribution is 5.93. The van der Waals surface area contributed by atoms with Crippen LogP contribution in [0, 0.1) is 0 Å². The van der Waals surface area contributed by atoms with Gasteiger partial charge in [0.15, 0.2) is 0 Å². The molecule has 0 aliphatic carbocycles. The maximum absolute atomic E-state index is 12.7. The average Bonchev–Trinajstić information content (AvgIpc) is 3.21. The quantitative estimate of drug-likeness (QED) is 0.461. The molecule has 3 heterocycles. The molecule has 10 heteroatoms. The highest BCUT2D eigenvalue weighted by atomic mass is 16.3. The van der Waals surface area contributed by atoms with E-state index in [1.165, 1.54) is 6.20 Å². The number of nitrogens with one attached hydrogen (secondary N) is 2. The van der Waals surface area contributed by atoms with E-state index in [0.29, 0.717) is 18.0 Å². The lowest BCUT2D eigenvalue weighted by atomic mass is 10.0. The number of amides is 2. The van der Waals surface area contributed by atoms with Crippen LogP contribution in [0.15, 0.2) is 49.2 Å². The van der Waals surface area contributed by atoms with Crippen molar-refractivity contribution in [1.82, 2.24) is 30.0 Å². The SMILES string of the molecule is CN(CCC(=O)NCC(C)(CO)NC(=O)c1cnc2ncccn12)c1ccncc1. The molecule has 10 nitrogen and oxygen atoms in total. The third-order valence-corrected chi connectivity index (χ3v) is 4.74. The van der Waals surface area contributed by atoms with Gasteiger partial charge in [0.1, 0.15) is 5.69 Å². The Hall–Kier alpha value is -3.53. The second kappa shape index (κ2) is 9.31. The van der Waals surface area contributed by atoms with Gasteiger partial charge in [-0.05, 0) is 25.1 Å². The maximum Gasteiger partial charge on any atom is 0.270 e. The molecule has 3 N–H and O–H groups in total. The number of pyridine rings is 1. The highest BCUT2D eigenvalue weighted by Gasteiger charge is 2.28. The van der Waals surface area contributed by atoms with Crippen LogP contribution in [0.1, 0.15) is 23.8 Å². The molecule has 158 valence electrons. The van der Waals surface area contributed by atoms with Crippen molar-refractivity contribution in [2.75, 3.05) is 31.6 Å². The zero-order valence-electron chi connectivity index (χ0n) is 16.9. The number of hydrogen-bond acceptors (Lipinski definition) is 7. The monoisotopic (exact) mass is 411 g/mol. The van der Waals surface area contributed by atoms with E-state index in [4.69, 9.17) is 0 Å². The number of aromatic nitrogens is 4. The number of hydrogen-bond donors (Lipinski definition) is 3. The Bertz CT molecular complexity index is 1010. The zero-order chi connectivity index (χ0) is 21.6. The predicted molar refractivity (Wildman–Crippen MR) is 111 cm³/mol. The normalized spacial score (nSPS) is 12.9. The standard InChI is InChI=1S/C20H25N7O3/c1-20(14-28,25-18(30)16-12-23-19-22-7-3-10-27(16)19)13-24-17(29)6-11-26(2)15-4-8-21-9-5-15/h3-5,7-10,12,28H,6,11,13-14H2,1-2H3,(H,24,29)(H,25,30). The maximum atomic E-state index is 12.7. The zero-order valence-corrected chi connectivity index (χ0v) is 16.9. The Morgan fingerprint density at radius 2 is 2.00 bits per heavy atom. The summed E-state index contributed by atoms with van der Waals surface area (Å²) in [6.45, 7) is 1.93. The number of aliphatic hydroxyl groups is 1. The summed E-state index contributed by atoms with van der Waals surface area (Å²) in [5, 5.41) is 15.4. The fourth-order valence-electron chi connectivity index (χ4n) is 2.85. The van der Waals surface area contributed by atoms with Gasteiger partial charge in [0.2, 0.25) is 11.7 Å². The fourth-order valence-corrected chi connectivity index (χ4v) is 2.85. The first-order valence-corrected chi connectivity index (χ1v) is 9.51. The lowest BCUT2D eigenvalue weighted by Crippen LogP contribution is -2.56. The molecule has 2 amide bonds. The molecule has 0 fully saturated rings. The minimum absolute atomic E-state index is 0.0853. The fraction of sp³-hybridized carbons (Fsp3) is 0.350. The first kappa shape index (κ1) is 21.2. The molecular formula is C20H25N7O3. The van der Waals surface area contributed by atoms with Crippen LogP contribution in [0.4, 0.5) is 5.69 Å². The largest absolute Gasteiger partial charge is 0.394 e. The van der Waals surface area contributed by atoms with E-state index < -0.39 is 11.4 Å². The van der Waals surface area contributed by atoms with Crippen LogP contribution in [0.2, 0.25) is 0 Å². The van der Waals surface area contributed by atoms with Crippen LogP contribution >= 0.6 is 0 Å². The van der Waals surface area contributed by atoms with Crippen LogP contribution in [-0.2, 0) is 4.79 Å². The highest BCUT2D eigenvalue weighted by Crippen LogP contribution is 2.10. The molecule has 0 aliphatic rings. The van der Waals surface area contributed by atoms with E-state index in [0.717, 1.165) is 5.69 Å². The number of imidazole rings is 1. The lowest BCUT2D eigenvalue weighted by Gasteiger charge is -2.29. The van der Waals surface area contributed by atoms with E-state index in [-0.39, 0.29) is 25.5 Å². The average molecular weight is 411 g/mol. The Kier molecular flexibility index (Phi) is 6.58. The minimum Gasteiger partial charge on any atom is -0.394 e. The predicted octanol–water partition coefficient (Wildman–Crippen LogP) is 0.248. The number of carbonyl (C=O) groups excluding carboxylic acids is 2. The van der Waals surface area contributed by atoms with Gasteiger partial charge < -0.3 is 20.6 Å². The number of nitrogens with zero attached hydrogens (tertiary/aromatic N) is 5. The summed E-state index contributed by atoms with van der Waals surface area (Å²) >= 11 is 0. The molecule has 30 heavy (non-hydrogen) atoms. The molecule has 3 rings (SSSR count). The van der Waals surface area contributed by atoms with E-state index in [2.05, 4.69) is 25.6 Å². The Morgan fingerprint density at radius 3 is 2.73 bits per heavy atom. The van der Waals surface area contributed by atoms with Crippen molar-refractivity contribution in [3.63, 3.8) is 0 Å². The number of anilines is 1. The lowest BCUT2D eigenvalue weighted by molar-refractivity contribution is -0.121. The Morgan fingerprint density at radius 1 is 1.23 bits per heavy atom. The molecular weight excluding hydrogens is 386 g/mol. The molecule has 0 saturated heterocycles. The van der Waals surface area contributed by atoms with Crippen molar-refractivity contribution in [2.24, 2.45) is 0 Å². The summed E-state index contributed by atoms with van der Waals surface area (Å²) in [5.74, 6) is -0.192. The second-order valence-electron chi connectivity index (χ2n) is 7.26. The van der Waals surface area contributed by atoms with Crippen molar-refractivity contribution in [3.05, 3.63) is 54.9 Å². The van der Waals surface area contributed by atoms with Gasteiger partial charge >= 0.3 is 0 Å². The topological polar surface area (TPSA) is 125 Å². The first-order valence-electron chi connectivity index (χ1n) is 9.51. The summed E-state index contributed by atoms with van der Waals surface area (Å²) in [7, 11) is 1.89. The molecule has 3 aromatic heterocycles. The summed E-state index contributed by atoms with van der Waals surface area (Å²) < 4.78 is 1.56. The first-order chi connectivity index (χ1) is 14.4. The van der Waals surface area contributed by atoms with Crippen LogP contribution in [0.3, 0.4) is 0 Å². The van der Waals surface area contributed by atoms with Gasteiger partial charge in [0.25, 0.3) is 5.91 Å². The van der Waals surface area contributed by atoms with E-state index in [1.807, 2.05) is 24.1 Å². The summed E-state index contributed by atoms with van der Waals surface area (Å²) in [6.07, 6.45) is 8.35. The van der Waals surface area contributed by atoms with E-state index >= 15 is 0 Å². The molecule has 0 radical (unpaired) electrons. The van der Waals surface area contributed by atoms with Gasteiger partial charge in [-0.25, -0.2) is 9.97 Å². The van der Waals surface area contributed by atoms with Gasteiger partial charge in [-0.2, -0.15) is 0 Å². The molecule has 0 bridgehead atoms. The van der Waals surface area contributed by atoms with Crippen LogP contribution < -0.4 is 15.5 Å². The summed E-state index contributed by atoms with van der Waals surface area (Å²) in [5.41, 5.74) is 0.228. The van der Waals surface area contributed by atoms with Gasteiger partial charge in [-0.1, -0.05) is 0 Å². The molecule has 1 unspecified atom stereocenters. The van der Waals surface area contributed by atoms with E-state index in [9.17, 15) is 14.7 Å². The molecule has 0 spiro atoms. The Balaban J connectivity index is 1.53. The number of fused-ring (bicyclic) bond motifs is 1. The van der Waals surface area contributed by atoms with Crippen LogP contribution in [-0.4, -0.2) is 68.6 Å². The molecule has 0 aromatic carbocycles. The van der Waals surface area contributed by atoms with Gasteiger partial charge in [-0.3, -0.25) is 19.0 Å². The van der Waals surface area contributed by atoms with Crippen molar-refractivity contribution in [3.8, 4) is 0 Å². The molecule has 1 atom stereocenters. The van der Waals surface area contributed by atoms with Gasteiger partial charge in [0.05, 0.1) is 18.3 Å². The molecule has 3 aromatic rings. The van der Waals surface area contributed by atoms with Crippen molar-refractivity contribution >= 4 is 23.3 Å². The van der Waals surface area contributed by atoms with Crippen molar-refractivity contribution in [2.45, 2.75) is 18.9 Å². The number of aliphatic hydroxyl groups excluding tert-OH is 1. The number of rotatable bonds is 9.